The smallest absolute Gasteiger partial charge is 0.0714 e. The number of fused-ring (bicyclic) bond motifs is 3. The van der Waals surface area contributed by atoms with Crippen LogP contribution in [0.3, 0.4) is 0 Å². The van der Waals surface area contributed by atoms with Crippen molar-refractivity contribution >= 4 is 16.9 Å². The fourth-order valence-corrected chi connectivity index (χ4v) is 7.69. The van der Waals surface area contributed by atoms with Gasteiger partial charge >= 0.3 is 0 Å². The minimum atomic E-state index is -1.44. The standard InChI is InChI=1S/C51H45N/c1-3-5-15-37-27-28-42(35-41(37)16-6-4-2)40-25-23-38(24-26-40)39-29-31-45(32-30-39)52-46-33-34-48-47-21-13-14-22-49(47)51(50(48)36-46,43-17-9-7-10-18-43)44-19-11-8-12-20-44/h3-4,7-14,17-23,25-36,38,52H,1-2,5-6,15-16,24H2/i23D,24D,25D,26D,29D,30D,31D,32D. The van der Waals surface area contributed by atoms with Crippen LogP contribution >= 0.6 is 0 Å². The van der Waals surface area contributed by atoms with E-state index in [9.17, 15) is 6.85 Å². The van der Waals surface area contributed by atoms with E-state index in [1.165, 1.54) is 0 Å². The predicted octanol–water partition coefficient (Wildman–Crippen LogP) is 13.2. The summed E-state index contributed by atoms with van der Waals surface area (Å²) >= 11 is 0. The highest BCUT2D eigenvalue weighted by Gasteiger charge is 2.46. The van der Waals surface area contributed by atoms with E-state index in [2.05, 4.69) is 60.9 Å². The molecule has 0 fully saturated rings. The summed E-state index contributed by atoms with van der Waals surface area (Å²) in [6.45, 7) is 7.70. The molecule has 1 heteroatoms. The largest absolute Gasteiger partial charge is 0.356 e. The molecule has 0 heterocycles. The molecule has 2 unspecified atom stereocenters. The van der Waals surface area contributed by atoms with Crippen molar-refractivity contribution in [2.45, 2.75) is 43.4 Å². The lowest BCUT2D eigenvalue weighted by molar-refractivity contribution is 0.769. The van der Waals surface area contributed by atoms with Gasteiger partial charge in [0.15, 0.2) is 0 Å². The van der Waals surface area contributed by atoms with Gasteiger partial charge in [0.1, 0.15) is 0 Å². The van der Waals surface area contributed by atoms with Gasteiger partial charge in [-0.2, -0.15) is 0 Å². The molecule has 1 nitrogen and oxygen atoms in total. The van der Waals surface area contributed by atoms with Crippen molar-refractivity contribution in [3.8, 4) is 11.1 Å². The van der Waals surface area contributed by atoms with Gasteiger partial charge < -0.3 is 5.32 Å². The van der Waals surface area contributed by atoms with Crippen LogP contribution in [0.5, 0.6) is 0 Å². The number of benzene rings is 6. The number of allylic oxidation sites excluding steroid dienone is 6. The number of aryl methyl sites for hydroxylation is 2. The number of anilines is 2. The van der Waals surface area contributed by atoms with Crippen molar-refractivity contribution in [2.24, 2.45) is 0 Å². The lowest BCUT2D eigenvalue weighted by Crippen LogP contribution is -2.28. The lowest BCUT2D eigenvalue weighted by Gasteiger charge is -2.34. The molecule has 1 N–H and O–H groups in total. The molecule has 0 amide bonds. The van der Waals surface area contributed by atoms with Crippen LogP contribution in [0.15, 0.2) is 189 Å². The van der Waals surface area contributed by atoms with Crippen LogP contribution in [-0.2, 0) is 18.3 Å². The molecule has 0 bridgehead atoms. The maximum absolute atomic E-state index is 9.23. The molecule has 52 heavy (non-hydrogen) atoms. The van der Waals surface area contributed by atoms with Crippen molar-refractivity contribution in [1.29, 1.82) is 0 Å². The van der Waals surface area contributed by atoms with Crippen molar-refractivity contribution < 1.29 is 11.0 Å². The second-order valence-electron chi connectivity index (χ2n) is 13.3. The van der Waals surface area contributed by atoms with Crippen LogP contribution in [0.4, 0.5) is 11.4 Å². The fraction of sp³-hybridized carbons (Fsp3) is 0.137. The first kappa shape index (κ1) is 25.1. The van der Waals surface area contributed by atoms with E-state index in [1.807, 2.05) is 91.0 Å². The highest BCUT2D eigenvalue weighted by molar-refractivity contribution is 5.88. The summed E-state index contributed by atoms with van der Waals surface area (Å²) in [5.41, 5.74) is 9.03. The van der Waals surface area contributed by atoms with Crippen LogP contribution in [0, 0.1) is 0 Å². The van der Waals surface area contributed by atoms with Gasteiger partial charge in [0, 0.05) is 18.7 Å². The van der Waals surface area contributed by atoms with Gasteiger partial charge in [0.2, 0.25) is 0 Å². The van der Waals surface area contributed by atoms with Crippen LogP contribution in [0.1, 0.15) is 80.6 Å². The molecule has 2 aliphatic rings. The number of nitrogens with one attached hydrogen (secondary N) is 1. The van der Waals surface area contributed by atoms with E-state index in [-0.39, 0.29) is 47.1 Å². The molecule has 8 rings (SSSR count). The average Bonchev–Trinajstić information content (AvgIpc) is 3.57. The lowest BCUT2D eigenvalue weighted by atomic mass is 9.67. The first-order valence-corrected chi connectivity index (χ1v) is 17.9. The highest BCUT2D eigenvalue weighted by atomic mass is 14.9. The Morgan fingerprint density at radius 2 is 1.33 bits per heavy atom. The molecule has 0 saturated heterocycles. The van der Waals surface area contributed by atoms with Crippen molar-refractivity contribution in [1.82, 2.24) is 0 Å². The van der Waals surface area contributed by atoms with E-state index in [4.69, 9.17) is 4.11 Å². The summed E-state index contributed by atoms with van der Waals surface area (Å²) in [7, 11) is 0. The van der Waals surface area contributed by atoms with Crippen molar-refractivity contribution in [2.75, 3.05) is 5.32 Å². The Morgan fingerprint density at radius 3 is 2.04 bits per heavy atom. The number of hydrogen-bond donors (Lipinski definition) is 1. The molecule has 6 aromatic rings. The van der Waals surface area contributed by atoms with E-state index in [1.54, 1.807) is 0 Å². The quantitative estimate of drug-likeness (QED) is 0.127. The monoisotopic (exact) mass is 679 g/mol. The van der Waals surface area contributed by atoms with Crippen molar-refractivity contribution in [3.63, 3.8) is 0 Å². The van der Waals surface area contributed by atoms with Crippen LogP contribution in [0.25, 0.3) is 16.7 Å². The number of hydrogen-bond acceptors (Lipinski definition) is 1. The molecule has 0 aliphatic heterocycles. The Hall–Kier alpha value is -5.92. The topological polar surface area (TPSA) is 12.0 Å². The fourth-order valence-electron chi connectivity index (χ4n) is 7.69. The summed E-state index contributed by atoms with van der Waals surface area (Å²) in [5, 5.41) is 3.24. The normalized spacial score (nSPS) is 19.5. The van der Waals surface area contributed by atoms with Gasteiger partial charge in [-0.15, -0.1) is 13.2 Å². The SMILES string of the molecule is [2H]C1=C([2H])C(c2c([2H])c([2H])c(Nc3ccc4c(c3)C(c3ccccc3)(c3ccccc3)c3ccccc3-4)c([2H])c2[2H])C([2H])C([2H])=C1c1ccc(CCC=C)c(CCC=C)c1. The highest BCUT2D eigenvalue weighted by Crippen LogP contribution is 2.56. The minimum Gasteiger partial charge on any atom is -0.356 e. The van der Waals surface area contributed by atoms with E-state index >= 15 is 0 Å². The first-order valence-electron chi connectivity index (χ1n) is 22.0. The summed E-state index contributed by atoms with van der Waals surface area (Å²) in [6, 6.07) is 38.4. The Labute approximate surface area is 320 Å². The van der Waals surface area contributed by atoms with Gasteiger partial charge in [-0.3, -0.25) is 0 Å². The zero-order valence-electron chi connectivity index (χ0n) is 37.1. The molecular weight excluding hydrogens is 627 g/mol. The first-order chi connectivity index (χ1) is 29.0. The third-order valence-corrected chi connectivity index (χ3v) is 10.2. The Kier molecular flexibility index (Phi) is 7.12. The number of rotatable bonds is 12. The van der Waals surface area contributed by atoms with E-state index in [0.29, 0.717) is 17.7 Å². The van der Waals surface area contributed by atoms with Crippen molar-refractivity contribution in [3.05, 3.63) is 233 Å². The molecule has 2 aliphatic carbocycles. The van der Waals surface area contributed by atoms with E-state index in [0.717, 1.165) is 63.8 Å². The zero-order valence-corrected chi connectivity index (χ0v) is 29.1. The third kappa shape index (κ3) is 6.18. The van der Waals surface area contributed by atoms with Crippen LogP contribution in [0.2, 0.25) is 0 Å². The molecule has 0 radical (unpaired) electrons. The zero-order chi connectivity index (χ0) is 42.3. The van der Waals surface area contributed by atoms with Gasteiger partial charge in [0.25, 0.3) is 0 Å². The summed E-state index contributed by atoms with van der Waals surface area (Å²) in [6.07, 6.45) is 5.30. The van der Waals surface area contributed by atoms with Crippen LogP contribution < -0.4 is 5.32 Å². The Morgan fingerprint density at radius 1 is 0.673 bits per heavy atom. The van der Waals surface area contributed by atoms with E-state index < -0.39 is 29.8 Å². The molecule has 2 atom stereocenters. The predicted molar refractivity (Wildman–Crippen MR) is 221 cm³/mol. The molecule has 0 aromatic heterocycles. The van der Waals surface area contributed by atoms with Gasteiger partial charge in [-0.1, -0.05) is 152 Å². The maximum Gasteiger partial charge on any atom is 0.0714 e. The second kappa shape index (κ2) is 14.7. The summed E-state index contributed by atoms with van der Waals surface area (Å²) < 4.78 is 73.4. The summed E-state index contributed by atoms with van der Waals surface area (Å²) in [4.78, 5) is 0. The Bertz CT molecular complexity index is 2650. The van der Waals surface area contributed by atoms with Gasteiger partial charge in [-0.25, -0.2) is 0 Å². The van der Waals surface area contributed by atoms with Gasteiger partial charge in [0.05, 0.1) is 15.0 Å². The molecule has 254 valence electrons. The minimum absolute atomic E-state index is 0.0425. The second-order valence-corrected chi connectivity index (χ2v) is 13.3. The van der Waals surface area contributed by atoms with Crippen LogP contribution in [-0.4, -0.2) is 0 Å². The maximum atomic E-state index is 9.23. The average molecular weight is 680 g/mol. The van der Waals surface area contributed by atoms with Gasteiger partial charge in [-0.05, 0) is 118 Å². The molecule has 0 spiro atoms. The molecule has 0 saturated carbocycles. The molecule has 6 aromatic carbocycles. The Balaban J connectivity index is 1.19. The molecular formula is C51H45N. The summed E-state index contributed by atoms with van der Waals surface area (Å²) in [5.74, 6) is -1.35. The third-order valence-electron chi connectivity index (χ3n) is 10.2.